The minimum Gasteiger partial charge on any atom is -0.332 e. The topological polar surface area (TPSA) is 69.6 Å². The molecule has 0 spiro atoms. The van der Waals surface area contributed by atoms with Crippen molar-refractivity contribution in [2.45, 2.75) is 58.3 Å². The smallest absolute Gasteiger partial charge is 0.266 e. The molecule has 0 N–H and O–H groups in total. The van der Waals surface area contributed by atoms with Crippen molar-refractivity contribution < 1.29 is 9.59 Å². The van der Waals surface area contributed by atoms with Gasteiger partial charge in [-0.25, -0.2) is 4.98 Å². The molecule has 1 saturated heterocycles. The third kappa shape index (κ3) is 4.99. The molecule has 2 aliphatic heterocycles. The maximum absolute atomic E-state index is 13.8. The number of carbonyl (C=O) groups is 2. The first-order valence-corrected chi connectivity index (χ1v) is 13.1. The first-order valence-electron chi connectivity index (χ1n) is 12.2. The van der Waals surface area contributed by atoms with Crippen LogP contribution in [0.25, 0.3) is 0 Å². The molecule has 182 valence electrons. The lowest BCUT2D eigenvalue weighted by Gasteiger charge is -2.33. The van der Waals surface area contributed by atoms with Crippen LogP contribution in [0.4, 0.5) is 5.69 Å². The molecular weight excluding hydrogens is 458 g/mol. The van der Waals surface area contributed by atoms with Gasteiger partial charge in [0.15, 0.2) is 0 Å². The molecule has 0 radical (unpaired) electrons. The van der Waals surface area contributed by atoms with Crippen LogP contribution in [0.3, 0.4) is 0 Å². The fourth-order valence-electron chi connectivity index (χ4n) is 5.45. The molecular formula is C27H31N5O2S. The summed E-state index contributed by atoms with van der Waals surface area (Å²) in [5.41, 5.74) is 5.57. The summed E-state index contributed by atoms with van der Waals surface area (Å²) in [6, 6.07) is 12.7. The van der Waals surface area contributed by atoms with Crippen LogP contribution in [0.2, 0.25) is 0 Å². The first-order chi connectivity index (χ1) is 17.0. The molecule has 8 heteroatoms. The summed E-state index contributed by atoms with van der Waals surface area (Å²) >= 11 is 1.40. The number of nitrogens with zero attached hydrogens (tertiary/aromatic N) is 5. The van der Waals surface area contributed by atoms with E-state index in [0.29, 0.717) is 30.6 Å². The van der Waals surface area contributed by atoms with E-state index in [2.05, 4.69) is 20.9 Å². The number of fused-ring (bicyclic) bond motifs is 3. The fourth-order valence-corrected chi connectivity index (χ4v) is 6.21. The number of pyridine rings is 1. The van der Waals surface area contributed by atoms with Gasteiger partial charge >= 0.3 is 0 Å². The highest BCUT2D eigenvalue weighted by atomic mass is 32.1. The molecule has 0 saturated carbocycles. The lowest BCUT2D eigenvalue weighted by Crippen LogP contribution is -2.45. The van der Waals surface area contributed by atoms with Crippen LogP contribution in [-0.4, -0.2) is 56.8 Å². The van der Waals surface area contributed by atoms with Gasteiger partial charge in [-0.1, -0.05) is 24.3 Å². The average Bonchev–Trinajstić information content (AvgIpc) is 3.44. The van der Waals surface area contributed by atoms with Gasteiger partial charge in [-0.05, 0) is 49.4 Å². The number of benzene rings is 1. The molecule has 0 aliphatic carbocycles. The number of amides is 2. The number of thiazole rings is 1. The Morgan fingerprint density at radius 1 is 1.09 bits per heavy atom. The molecule has 5 rings (SSSR count). The van der Waals surface area contributed by atoms with E-state index in [0.717, 1.165) is 42.8 Å². The third-order valence-electron chi connectivity index (χ3n) is 7.23. The van der Waals surface area contributed by atoms with Crippen molar-refractivity contribution in [3.05, 3.63) is 76.0 Å². The second kappa shape index (κ2) is 10.3. The summed E-state index contributed by atoms with van der Waals surface area (Å²) in [7, 11) is 0. The van der Waals surface area contributed by atoms with Crippen molar-refractivity contribution >= 4 is 28.8 Å². The fraction of sp³-hybridized carbons (Fsp3) is 0.407. The number of para-hydroxylation sites is 1. The van der Waals surface area contributed by atoms with Crippen LogP contribution in [0.5, 0.6) is 0 Å². The second-order valence-corrected chi connectivity index (χ2v) is 10.3. The van der Waals surface area contributed by atoms with Gasteiger partial charge in [0.2, 0.25) is 5.91 Å². The normalized spacial score (nSPS) is 20.9. The molecule has 1 aromatic carbocycles. The standard InChI is InChI=1S/C27H31N5O2S/c1-19-26(35-18-29-19)27(34)30-16-22-7-3-4-8-25(22)31(20(2)33)13-11-23-9-10-24(17-30)32(23)15-21-6-5-12-28-14-21/h3-8,12,14,18,23-24H,9-11,13,15-17H2,1-2H3. The van der Waals surface area contributed by atoms with Crippen molar-refractivity contribution in [2.75, 3.05) is 18.0 Å². The van der Waals surface area contributed by atoms with E-state index in [-0.39, 0.29) is 17.9 Å². The van der Waals surface area contributed by atoms with Crippen molar-refractivity contribution in [3.8, 4) is 0 Å². The number of rotatable bonds is 3. The van der Waals surface area contributed by atoms with Gasteiger partial charge in [-0.15, -0.1) is 11.3 Å². The van der Waals surface area contributed by atoms with Crippen molar-refractivity contribution in [2.24, 2.45) is 0 Å². The lowest BCUT2D eigenvalue weighted by atomic mass is 10.1. The van der Waals surface area contributed by atoms with Crippen molar-refractivity contribution in [3.63, 3.8) is 0 Å². The van der Waals surface area contributed by atoms with Gasteiger partial charge in [-0.3, -0.25) is 19.5 Å². The maximum Gasteiger partial charge on any atom is 0.266 e. The lowest BCUT2D eigenvalue weighted by molar-refractivity contribution is -0.116. The summed E-state index contributed by atoms with van der Waals surface area (Å²) in [4.78, 5) is 42.2. The predicted octanol–water partition coefficient (Wildman–Crippen LogP) is 4.28. The number of aromatic nitrogens is 2. The summed E-state index contributed by atoms with van der Waals surface area (Å²) in [5, 5.41) is 0. The minimum absolute atomic E-state index is 0.0122. The van der Waals surface area contributed by atoms with E-state index in [4.69, 9.17) is 0 Å². The number of carbonyl (C=O) groups excluding carboxylic acids is 2. The van der Waals surface area contributed by atoms with E-state index in [1.807, 2.05) is 53.3 Å². The van der Waals surface area contributed by atoms with Gasteiger partial charge in [0.1, 0.15) is 4.88 Å². The summed E-state index contributed by atoms with van der Waals surface area (Å²) in [6.45, 7) is 6.07. The SMILES string of the molecule is CC(=O)N1CCC2CCC(CN(C(=O)c3scnc3C)Cc3ccccc31)N2Cc1cccnc1. The molecule has 2 aromatic heterocycles. The molecule has 35 heavy (non-hydrogen) atoms. The molecule has 3 aromatic rings. The second-order valence-electron chi connectivity index (χ2n) is 9.46. The Hall–Kier alpha value is -3.10. The Morgan fingerprint density at radius 2 is 1.91 bits per heavy atom. The average molecular weight is 490 g/mol. The van der Waals surface area contributed by atoms with Crippen LogP contribution in [0.15, 0.2) is 54.3 Å². The van der Waals surface area contributed by atoms with Crippen molar-refractivity contribution in [1.29, 1.82) is 0 Å². The van der Waals surface area contributed by atoms with Crippen LogP contribution < -0.4 is 4.90 Å². The summed E-state index contributed by atoms with van der Waals surface area (Å²) in [6.07, 6.45) is 6.70. The Morgan fingerprint density at radius 3 is 2.66 bits per heavy atom. The zero-order chi connectivity index (χ0) is 24.4. The minimum atomic E-state index is 0.0122. The highest BCUT2D eigenvalue weighted by Crippen LogP contribution is 2.33. The Balaban J connectivity index is 1.54. The molecule has 4 heterocycles. The maximum atomic E-state index is 13.8. The monoisotopic (exact) mass is 489 g/mol. The van der Waals surface area contributed by atoms with Crippen LogP contribution in [0, 0.1) is 6.92 Å². The molecule has 7 nitrogen and oxygen atoms in total. The van der Waals surface area contributed by atoms with Crippen LogP contribution in [0.1, 0.15) is 52.7 Å². The quantitative estimate of drug-likeness (QED) is 0.549. The summed E-state index contributed by atoms with van der Waals surface area (Å²) < 4.78 is 0. The summed E-state index contributed by atoms with van der Waals surface area (Å²) in [5.74, 6) is 0.0411. The van der Waals surface area contributed by atoms with Gasteiger partial charge in [-0.2, -0.15) is 0 Å². The zero-order valence-corrected chi connectivity index (χ0v) is 21.1. The van der Waals surface area contributed by atoms with Gasteiger partial charge in [0.25, 0.3) is 5.91 Å². The van der Waals surface area contributed by atoms with Gasteiger partial charge < -0.3 is 9.80 Å². The molecule has 2 unspecified atom stereocenters. The molecule has 2 bridgehead atoms. The Labute approximate surface area is 210 Å². The number of hydrogen-bond acceptors (Lipinski definition) is 6. The molecule has 2 atom stereocenters. The van der Waals surface area contributed by atoms with Gasteiger partial charge in [0.05, 0.1) is 11.2 Å². The Bertz CT molecular complexity index is 1200. The predicted molar refractivity (Wildman–Crippen MR) is 137 cm³/mol. The number of hydrogen-bond donors (Lipinski definition) is 0. The Kier molecular flexibility index (Phi) is 6.92. The largest absolute Gasteiger partial charge is 0.332 e. The van der Waals surface area contributed by atoms with Crippen molar-refractivity contribution in [1.82, 2.24) is 19.8 Å². The van der Waals surface area contributed by atoms with E-state index in [1.165, 1.54) is 16.9 Å². The highest BCUT2D eigenvalue weighted by molar-refractivity contribution is 7.11. The number of anilines is 1. The number of aryl methyl sites for hydroxylation is 1. The van der Waals surface area contributed by atoms with Crippen LogP contribution >= 0.6 is 11.3 Å². The van der Waals surface area contributed by atoms with E-state index >= 15 is 0 Å². The van der Waals surface area contributed by atoms with E-state index < -0.39 is 0 Å². The highest BCUT2D eigenvalue weighted by Gasteiger charge is 2.37. The first kappa shape index (κ1) is 23.6. The third-order valence-corrected chi connectivity index (χ3v) is 8.14. The van der Waals surface area contributed by atoms with E-state index in [9.17, 15) is 9.59 Å². The van der Waals surface area contributed by atoms with Crippen LogP contribution in [-0.2, 0) is 17.9 Å². The molecule has 1 fully saturated rings. The van der Waals surface area contributed by atoms with Gasteiger partial charge in [0, 0.05) is 63.3 Å². The molecule has 2 aliphatic rings. The zero-order valence-electron chi connectivity index (χ0n) is 20.3. The molecule has 2 amide bonds. The van der Waals surface area contributed by atoms with E-state index in [1.54, 1.807) is 18.6 Å².